The minimum Gasteiger partial charge on any atom is -0.460 e. The summed E-state index contributed by atoms with van der Waals surface area (Å²) in [6.07, 6.45) is -0.120. The molecule has 2 aromatic rings. The van der Waals surface area contributed by atoms with Crippen molar-refractivity contribution in [2.24, 2.45) is 0 Å². The summed E-state index contributed by atoms with van der Waals surface area (Å²) >= 11 is 0. The standard InChI is InChI=1S/C12H11F2N3O2/c1-2-19-12(18)11-15-10(16-17-11)6-7-8(13)4-3-5-9(7)14/h3-5H,2,6H2,1H3,(H,15,16,17). The number of H-pyrrole nitrogens is 1. The van der Waals surface area contributed by atoms with Gasteiger partial charge in [-0.25, -0.2) is 18.6 Å². The van der Waals surface area contributed by atoms with Crippen molar-refractivity contribution < 1.29 is 18.3 Å². The number of hydrogen-bond donors (Lipinski definition) is 1. The lowest BCUT2D eigenvalue weighted by Crippen LogP contribution is -2.07. The molecule has 0 radical (unpaired) electrons. The molecule has 100 valence electrons. The number of benzene rings is 1. The lowest BCUT2D eigenvalue weighted by atomic mass is 10.1. The zero-order valence-corrected chi connectivity index (χ0v) is 10.1. The normalized spacial score (nSPS) is 10.5. The molecule has 19 heavy (non-hydrogen) atoms. The summed E-state index contributed by atoms with van der Waals surface area (Å²) in [6, 6.07) is 3.58. The summed E-state index contributed by atoms with van der Waals surface area (Å²) in [5.41, 5.74) is -0.131. The maximum absolute atomic E-state index is 13.4. The fourth-order valence-electron chi connectivity index (χ4n) is 1.53. The summed E-state index contributed by atoms with van der Waals surface area (Å²) in [7, 11) is 0. The van der Waals surface area contributed by atoms with Gasteiger partial charge >= 0.3 is 5.97 Å². The molecule has 0 saturated heterocycles. The van der Waals surface area contributed by atoms with E-state index in [1.807, 2.05) is 0 Å². The van der Waals surface area contributed by atoms with Gasteiger partial charge in [-0.3, -0.25) is 5.10 Å². The monoisotopic (exact) mass is 267 g/mol. The number of carbonyl (C=O) groups is 1. The third-order valence-corrected chi connectivity index (χ3v) is 2.40. The Labute approximate surface area is 107 Å². The Morgan fingerprint density at radius 3 is 2.68 bits per heavy atom. The van der Waals surface area contributed by atoms with Crippen LogP contribution in [0, 0.1) is 11.6 Å². The first kappa shape index (κ1) is 13.1. The smallest absolute Gasteiger partial charge is 0.378 e. The zero-order valence-electron chi connectivity index (χ0n) is 10.1. The zero-order chi connectivity index (χ0) is 13.8. The van der Waals surface area contributed by atoms with E-state index in [9.17, 15) is 13.6 Å². The van der Waals surface area contributed by atoms with E-state index in [2.05, 4.69) is 15.2 Å². The van der Waals surface area contributed by atoms with Gasteiger partial charge in [-0.2, -0.15) is 0 Å². The SMILES string of the molecule is CCOC(=O)c1n[nH]c(Cc2c(F)cccc2F)n1. The van der Waals surface area contributed by atoms with Gasteiger partial charge in [-0.05, 0) is 19.1 Å². The minimum absolute atomic E-state index is 0.120. The Morgan fingerprint density at radius 1 is 1.37 bits per heavy atom. The van der Waals surface area contributed by atoms with Gasteiger partial charge in [-0.15, -0.1) is 5.10 Å². The number of nitrogens with one attached hydrogen (secondary N) is 1. The van der Waals surface area contributed by atoms with Crippen molar-refractivity contribution in [3.05, 3.63) is 47.0 Å². The Balaban J connectivity index is 2.18. The Morgan fingerprint density at radius 2 is 2.05 bits per heavy atom. The molecule has 1 heterocycles. The van der Waals surface area contributed by atoms with Gasteiger partial charge in [-0.1, -0.05) is 6.07 Å². The number of aromatic amines is 1. The molecule has 0 spiro atoms. The molecule has 7 heteroatoms. The quantitative estimate of drug-likeness (QED) is 0.858. The van der Waals surface area contributed by atoms with Gasteiger partial charge in [0.05, 0.1) is 6.61 Å². The molecule has 1 aromatic heterocycles. The van der Waals surface area contributed by atoms with Crippen LogP contribution in [0.4, 0.5) is 8.78 Å². The summed E-state index contributed by atoms with van der Waals surface area (Å²) < 4.78 is 31.6. The molecule has 0 aliphatic heterocycles. The van der Waals surface area contributed by atoms with E-state index in [0.29, 0.717) is 0 Å². The first-order chi connectivity index (χ1) is 9.11. The van der Waals surface area contributed by atoms with Gasteiger partial charge in [0, 0.05) is 12.0 Å². The molecule has 0 aliphatic rings. The predicted molar refractivity (Wildman–Crippen MR) is 61.5 cm³/mol. The number of halogens is 2. The molecule has 0 fully saturated rings. The average molecular weight is 267 g/mol. The Kier molecular flexibility index (Phi) is 3.84. The van der Waals surface area contributed by atoms with Crippen molar-refractivity contribution in [3.63, 3.8) is 0 Å². The average Bonchev–Trinajstić information content (AvgIpc) is 2.83. The molecule has 0 aliphatic carbocycles. The van der Waals surface area contributed by atoms with E-state index in [4.69, 9.17) is 4.74 Å². The van der Waals surface area contributed by atoms with Crippen molar-refractivity contribution in [2.75, 3.05) is 6.61 Å². The van der Waals surface area contributed by atoms with Crippen LogP contribution in [-0.4, -0.2) is 27.8 Å². The van der Waals surface area contributed by atoms with E-state index in [1.54, 1.807) is 6.92 Å². The maximum atomic E-state index is 13.4. The largest absolute Gasteiger partial charge is 0.460 e. The third kappa shape index (κ3) is 2.93. The fraction of sp³-hybridized carbons (Fsp3) is 0.250. The first-order valence-electron chi connectivity index (χ1n) is 5.63. The molecular weight excluding hydrogens is 256 g/mol. The summed E-state index contributed by atoms with van der Waals surface area (Å²) in [5, 5.41) is 6.09. The summed E-state index contributed by atoms with van der Waals surface area (Å²) in [4.78, 5) is 15.2. The van der Waals surface area contributed by atoms with Crippen LogP contribution in [0.2, 0.25) is 0 Å². The number of ether oxygens (including phenoxy) is 1. The molecule has 0 unspecified atom stereocenters. The molecule has 5 nitrogen and oxygen atoms in total. The fourth-order valence-corrected chi connectivity index (χ4v) is 1.53. The third-order valence-electron chi connectivity index (χ3n) is 2.40. The number of aromatic nitrogens is 3. The van der Waals surface area contributed by atoms with Gasteiger partial charge < -0.3 is 4.74 Å². The van der Waals surface area contributed by atoms with E-state index in [0.717, 1.165) is 12.1 Å². The van der Waals surface area contributed by atoms with Crippen molar-refractivity contribution in [1.29, 1.82) is 0 Å². The van der Waals surface area contributed by atoms with Gasteiger partial charge in [0.25, 0.3) is 5.82 Å². The van der Waals surface area contributed by atoms with Crippen molar-refractivity contribution in [3.8, 4) is 0 Å². The molecule has 1 N–H and O–H groups in total. The highest BCUT2D eigenvalue weighted by Crippen LogP contribution is 2.15. The second kappa shape index (κ2) is 5.55. The Hall–Kier alpha value is -2.31. The van der Waals surface area contributed by atoms with Gasteiger partial charge in [0.1, 0.15) is 17.5 Å². The number of carbonyl (C=O) groups excluding carboxylic acids is 1. The molecule has 0 saturated carbocycles. The van der Waals surface area contributed by atoms with Crippen LogP contribution in [0.15, 0.2) is 18.2 Å². The molecule has 0 atom stereocenters. The first-order valence-corrected chi connectivity index (χ1v) is 5.63. The van der Waals surface area contributed by atoms with E-state index < -0.39 is 17.6 Å². The van der Waals surface area contributed by atoms with Crippen LogP contribution in [0.3, 0.4) is 0 Å². The van der Waals surface area contributed by atoms with Crippen LogP contribution in [0.25, 0.3) is 0 Å². The summed E-state index contributed by atoms with van der Waals surface area (Å²) in [5.74, 6) is -2.00. The van der Waals surface area contributed by atoms with Crippen molar-refractivity contribution >= 4 is 5.97 Å². The molecule has 1 aromatic carbocycles. The maximum Gasteiger partial charge on any atom is 0.378 e. The highest BCUT2D eigenvalue weighted by molar-refractivity contribution is 5.84. The van der Waals surface area contributed by atoms with Crippen LogP contribution in [0.5, 0.6) is 0 Å². The molecule has 0 bridgehead atoms. The van der Waals surface area contributed by atoms with Gasteiger partial charge in [0.15, 0.2) is 0 Å². The van der Waals surface area contributed by atoms with Crippen molar-refractivity contribution in [2.45, 2.75) is 13.3 Å². The lowest BCUT2D eigenvalue weighted by Gasteiger charge is -2.01. The second-order valence-corrected chi connectivity index (χ2v) is 3.70. The molecule has 2 rings (SSSR count). The predicted octanol–water partition coefficient (Wildman–Crippen LogP) is 1.85. The van der Waals surface area contributed by atoms with E-state index in [1.165, 1.54) is 6.07 Å². The molecule has 0 amide bonds. The Bertz CT molecular complexity index is 578. The summed E-state index contributed by atoms with van der Waals surface area (Å²) in [6.45, 7) is 1.85. The number of esters is 1. The van der Waals surface area contributed by atoms with Gasteiger partial charge in [0.2, 0.25) is 0 Å². The minimum atomic E-state index is -0.681. The highest BCUT2D eigenvalue weighted by atomic mass is 19.1. The number of rotatable bonds is 4. The molecular formula is C12H11F2N3O2. The van der Waals surface area contributed by atoms with Crippen LogP contribution >= 0.6 is 0 Å². The number of hydrogen-bond acceptors (Lipinski definition) is 4. The van der Waals surface area contributed by atoms with Crippen molar-refractivity contribution in [1.82, 2.24) is 15.2 Å². The van der Waals surface area contributed by atoms with E-state index in [-0.39, 0.29) is 30.2 Å². The lowest BCUT2D eigenvalue weighted by molar-refractivity contribution is 0.0512. The highest BCUT2D eigenvalue weighted by Gasteiger charge is 2.16. The second-order valence-electron chi connectivity index (χ2n) is 3.70. The number of nitrogens with zero attached hydrogens (tertiary/aromatic N) is 2. The van der Waals surface area contributed by atoms with Crippen LogP contribution in [-0.2, 0) is 11.2 Å². The van der Waals surface area contributed by atoms with Crippen LogP contribution in [0.1, 0.15) is 28.9 Å². The van der Waals surface area contributed by atoms with Crippen LogP contribution < -0.4 is 0 Å². The topological polar surface area (TPSA) is 67.9 Å². The van der Waals surface area contributed by atoms with E-state index >= 15 is 0 Å².